The standard InChI is InChI=1S/C39H56N2O6SSi/c1-9-46-35(42)29-31-18-16-19-32(28-31)39(7,36(43)41-40-8)25-17-24-38(5,6)30-48(44,45)27-26-47-49(37(2,3)4,33-20-12-10-13-21-33)34-22-14-11-15-23-34/h10-16,18-23,28,40H,9,17,24-27,29-30H2,1-8H3,(H,41,43)/t39-/m1/s1. The number of nitrogens with one attached hydrogen (secondary N) is 2. The Balaban J connectivity index is 1.73. The molecule has 0 spiro atoms. The van der Waals surface area contributed by atoms with Gasteiger partial charge in [0.05, 0.1) is 29.9 Å². The van der Waals surface area contributed by atoms with Gasteiger partial charge in [0.25, 0.3) is 8.32 Å². The van der Waals surface area contributed by atoms with Crippen molar-refractivity contribution >= 4 is 40.4 Å². The largest absolute Gasteiger partial charge is 0.466 e. The third-order valence-electron chi connectivity index (χ3n) is 9.23. The van der Waals surface area contributed by atoms with Gasteiger partial charge in [0.1, 0.15) is 0 Å². The molecule has 0 saturated heterocycles. The third kappa shape index (κ3) is 10.6. The van der Waals surface area contributed by atoms with Crippen LogP contribution in [0.5, 0.6) is 0 Å². The highest BCUT2D eigenvalue weighted by Gasteiger charge is 2.50. The van der Waals surface area contributed by atoms with E-state index in [2.05, 4.69) is 55.9 Å². The number of ether oxygens (including phenoxy) is 1. The van der Waals surface area contributed by atoms with Gasteiger partial charge in [0.2, 0.25) is 5.91 Å². The van der Waals surface area contributed by atoms with Crippen LogP contribution in [-0.2, 0) is 40.4 Å². The molecule has 1 atom stereocenters. The predicted molar refractivity (Wildman–Crippen MR) is 201 cm³/mol. The van der Waals surface area contributed by atoms with Crippen molar-refractivity contribution in [2.24, 2.45) is 5.41 Å². The number of rotatable bonds is 18. The molecule has 0 saturated carbocycles. The van der Waals surface area contributed by atoms with Crippen molar-refractivity contribution in [3.63, 3.8) is 0 Å². The SMILES string of the molecule is CCOC(=O)Cc1cccc([C@@](C)(CCCC(C)(C)CS(=O)(=O)CCO[Si](c2ccccc2)(c2ccccc2)C(C)(C)C)C(=O)NNC)c1. The summed E-state index contributed by atoms with van der Waals surface area (Å²) < 4.78 is 39.2. The number of hydrazine groups is 1. The number of carbonyl (C=O) groups excluding carboxylic acids is 2. The van der Waals surface area contributed by atoms with E-state index in [1.54, 1.807) is 14.0 Å². The molecule has 8 nitrogen and oxygen atoms in total. The minimum atomic E-state index is -3.47. The zero-order valence-electron chi connectivity index (χ0n) is 30.6. The monoisotopic (exact) mass is 708 g/mol. The van der Waals surface area contributed by atoms with E-state index in [-0.39, 0.29) is 41.4 Å². The number of carbonyl (C=O) groups is 2. The summed E-state index contributed by atoms with van der Waals surface area (Å²) >= 11 is 0. The average molecular weight is 709 g/mol. The molecule has 0 aliphatic carbocycles. The van der Waals surface area contributed by atoms with Gasteiger partial charge in [0, 0.05) is 13.7 Å². The fourth-order valence-corrected chi connectivity index (χ4v) is 13.3. The van der Waals surface area contributed by atoms with E-state index >= 15 is 0 Å². The quantitative estimate of drug-likeness (QED) is 0.102. The summed E-state index contributed by atoms with van der Waals surface area (Å²) in [5.41, 5.74) is 5.59. The van der Waals surface area contributed by atoms with Crippen LogP contribution < -0.4 is 21.2 Å². The minimum absolute atomic E-state index is 0.0125. The first kappa shape index (κ1) is 40.1. The van der Waals surface area contributed by atoms with E-state index in [0.717, 1.165) is 21.5 Å². The number of amides is 1. The van der Waals surface area contributed by atoms with Crippen molar-refractivity contribution in [3.8, 4) is 0 Å². The van der Waals surface area contributed by atoms with Crippen LogP contribution in [0.3, 0.4) is 0 Å². The van der Waals surface area contributed by atoms with Gasteiger partial charge < -0.3 is 9.16 Å². The molecular weight excluding hydrogens is 653 g/mol. The van der Waals surface area contributed by atoms with Crippen LogP contribution in [0, 0.1) is 5.41 Å². The number of sulfone groups is 1. The first-order valence-corrected chi connectivity index (χ1v) is 20.9. The van der Waals surface area contributed by atoms with Gasteiger partial charge in [-0.25, -0.2) is 13.8 Å². The van der Waals surface area contributed by atoms with E-state index in [0.29, 0.717) is 25.9 Å². The zero-order chi connectivity index (χ0) is 36.3. The van der Waals surface area contributed by atoms with Crippen molar-refractivity contribution in [2.75, 3.05) is 31.8 Å². The molecule has 0 aromatic heterocycles. The van der Waals surface area contributed by atoms with Crippen LogP contribution in [0.2, 0.25) is 5.04 Å². The highest BCUT2D eigenvalue weighted by Crippen LogP contribution is 2.37. The Morgan fingerprint density at radius 3 is 1.94 bits per heavy atom. The molecule has 10 heteroatoms. The molecule has 3 aromatic rings. The van der Waals surface area contributed by atoms with Crippen LogP contribution in [0.15, 0.2) is 84.9 Å². The molecule has 0 unspecified atom stereocenters. The van der Waals surface area contributed by atoms with Gasteiger partial charge in [-0.1, -0.05) is 126 Å². The minimum Gasteiger partial charge on any atom is -0.466 e. The molecule has 1 amide bonds. The second-order valence-electron chi connectivity index (χ2n) is 14.8. The molecule has 0 radical (unpaired) electrons. The lowest BCUT2D eigenvalue weighted by Gasteiger charge is -2.43. The lowest BCUT2D eigenvalue weighted by atomic mass is 9.75. The van der Waals surface area contributed by atoms with E-state index in [4.69, 9.17) is 9.16 Å². The molecule has 0 heterocycles. The smallest absolute Gasteiger partial charge is 0.310 e. The lowest BCUT2D eigenvalue weighted by Crippen LogP contribution is -2.66. The van der Waals surface area contributed by atoms with Gasteiger partial charge in [0.15, 0.2) is 9.84 Å². The van der Waals surface area contributed by atoms with Crippen molar-refractivity contribution < 1.29 is 27.2 Å². The molecule has 49 heavy (non-hydrogen) atoms. The van der Waals surface area contributed by atoms with E-state index in [1.165, 1.54) is 0 Å². The summed E-state index contributed by atoms with van der Waals surface area (Å²) in [6.07, 6.45) is 1.84. The molecule has 268 valence electrons. The second-order valence-corrected chi connectivity index (χ2v) is 21.3. The molecule has 0 fully saturated rings. The van der Waals surface area contributed by atoms with E-state index < -0.39 is 29.0 Å². The Bertz CT molecular complexity index is 1580. The molecule has 2 N–H and O–H groups in total. The fraction of sp³-hybridized carbons (Fsp3) is 0.487. The van der Waals surface area contributed by atoms with E-state index in [1.807, 2.05) is 81.4 Å². The van der Waals surface area contributed by atoms with Gasteiger partial charge >= 0.3 is 5.97 Å². The van der Waals surface area contributed by atoms with Crippen LogP contribution in [-0.4, -0.2) is 60.4 Å². The number of esters is 1. The van der Waals surface area contributed by atoms with Crippen LogP contribution in [0.25, 0.3) is 0 Å². The summed E-state index contributed by atoms with van der Waals surface area (Å²) in [5.74, 6) is -0.579. The summed E-state index contributed by atoms with van der Waals surface area (Å²) in [6, 6.07) is 27.9. The van der Waals surface area contributed by atoms with Crippen LogP contribution in [0.1, 0.15) is 78.9 Å². The summed E-state index contributed by atoms with van der Waals surface area (Å²) in [7, 11) is -4.68. The van der Waals surface area contributed by atoms with Crippen LogP contribution in [0.4, 0.5) is 0 Å². The number of hydrogen-bond donors (Lipinski definition) is 2. The first-order valence-electron chi connectivity index (χ1n) is 17.2. The van der Waals surface area contributed by atoms with Gasteiger partial charge in [-0.2, -0.15) is 0 Å². The highest BCUT2D eigenvalue weighted by atomic mass is 32.2. The maximum absolute atomic E-state index is 13.6. The fourth-order valence-electron chi connectivity index (χ4n) is 6.79. The Labute approximate surface area is 295 Å². The molecule has 0 aliphatic rings. The van der Waals surface area contributed by atoms with E-state index in [9.17, 15) is 18.0 Å². The topological polar surface area (TPSA) is 111 Å². The van der Waals surface area contributed by atoms with Gasteiger partial charge in [-0.05, 0) is 58.6 Å². The summed E-state index contributed by atoms with van der Waals surface area (Å²) in [6.45, 7) is 14.5. The Morgan fingerprint density at radius 1 is 0.816 bits per heavy atom. The Hall–Kier alpha value is -3.31. The molecule has 0 bridgehead atoms. The van der Waals surface area contributed by atoms with Gasteiger partial charge in [-0.15, -0.1) is 0 Å². The first-order chi connectivity index (χ1) is 23.0. The Morgan fingerprint density at radius 2 is 1.41 bits per heavy atom. The summed E-state index contributed by atoms with van der Waals surface area (Å²) in [4.78, 5) is 25.5. The average Bonchev–Trinajstić information content (AvgIpc) is 3.03. The lowest BCUT2D eigenvalue weighted by molar-refractivity contribution is -0.142. The number of hydrogen-bond acceptors (Lipinski definition) is 7. The van der Waals surface area contributed by atoms with Crippen molar-refractivity contribution in [1.82, 2.24) is 10.9 Å². The molecule has 3 rings (SSSR count). The Kier molecular flexibility index (Phi) is 14.0. The third-order valence-corrected chi connectivity index (χ3v) is 16.3. The van der Waals surface area contributed by atoms with Crippen molar-refractivity contribution in [2.45, 2.75) is 84.6 Å². The number of benzene rings is 3. The summed E-state index contributed by atoms with van der Waals surface area (Å²) in [5, 5.41) is 1.98. The maximum Gasteiger partial charge on any atom is 0.310 e. The maximum atomic E-state index is 13.6. The van der Waals surface area contributed by atoms with Gasteiger partial charge in [-0.3, -0.25) is 15.0 Å². The van der Waals surface area contributed by atoms with Crippen molar-refractivity contribution in [3.05, 3.63) is 96.1 Å². The highest BCUT2D eigenvalue weighted by molar-refractivity contribution is 7.91. The zero-order valence-corrected chi connectivity index (χ0v) is 32.4. The molecule has 0 aliphatic heterocycles. The molecule has 3 aromatic carbocycles. The van der Waals surface area contributed by atoms with Crippen LogP contribution >= 0.6 is 0 Å². The predicted octanol–water partition coefficient (Wildman–Crippen LogP) is 5.49. The second kappa shape index (κ2) is 17.1. The molecular formula is C39H56N2O6SSi. The van der Waals surface area contributed by atoms with Crippen molar-refractivity contribution in [1.29, 1.82) is 0 Å². The normalized spacial score (nSPS) is 13.8.